The molecule has 63 heavy (non-hydrogen) atoms. The van der Waals surface area contributed by atoms with Crippen LogP contribution in [0, 0.1) is 0 Å². The van der Waals surface area contributed by atoms with E-state index in [2.05, 4.69) is 19.2 Å². The highest BCUT2D eigenvalue weighted by Gasteiger charge is 2.44. The van der Waals surface area contributed by atoms with Crippen molar-refractivity contribution in [2.45, 2.75) is 326 Å². The number of unbranched alkanes of at least 4 members (excludes halogenated alkanes) is 38. The topological polar surface area (TPSA) is 149 Å². The van der Waals surface area contributed by atoms with Gasteiger partial charge in [0.25, 0.3) is 0 Å². The molecule has 1 rings (SSSR count). The van der Waals surface area contributed by atoms with Crippen LogP contribution >= 0.6 is 0 Å². The Morgan fingerprint density at radius 2 is 0.794 bits per heavy atom. The summed E-state index contributed by atoms with van der Waals surface area (Å²) in [6, 6.07) is -0.709. The van der Waals surface area contributed by atoms with Crippen LogP contribution in [-0.4, -0.2) is 87.5 Å². The van der Waals surface area contributed by atoms with Crippen molar-refractivity contribution < 1.29 is 39.8 Å². The molecule has 0 aromatic rings. The van der Waals surface area contributed by atoms with Gasteiger partial charge in [0, 0.05) is 6.42 Å². The van der Waals surface area contributed by atoms with Crippen molar-refractivity contribution in [2.24, 2.45) is 0 Å². The Morgan fingerprint density at radius 1 is 0.476 bits per heavy atom. The van der Waals surface area contributed by atoms with Crippen LogP contribution in [0.15, 0.2) is 0 Å². The van der Waals surface area contributed by atoms with Gasteiger partial charge in [0.05, 0.1) is 25.4 Å². The highest BCUT2D eigenvalue weighted by atomic mass is 16.7. The summed E-state index contributed by atoms with van der Waals surface area (Å²) < 4.78 is 11.1. The number of nitrogens with one attached hydrogen (secondary N) is 1. The molecular weight excluding hydrogens is 791 g/mol. The summed E-state index contributed by atoms with van der Waals surface area (Å²) in [6.45, 7) is 3.70. The smallest absolute Gasteiger partial charge is 0.220 e. The molecule has 0 aromatic carbocycles. The first-order valence-electron chi connectivity index (χ1n) is 27.7. The summed E-state index contributed by atoms with van der Waals surface area (Å²) in [5, 5.41) is 53.7. The predicted octanol–water partition coefficient (Wildman–Crippen LogP) is 13.1. The highest BCUT2D eigenvalue weighted by molar-refractivity contribution is 5.76. The van der Waals surface area contributed by atoms with Crippen LogP contribution in [0.25, 0.3) is 0 Å². The van der Waals surface area contributed by atoms with Crippen LogP contribution in [0.5, 0.6) is 0 Å². The lowest BCUT2D eigenvalue weighted by Gasteiger charge is -2.40. The standard InChI is InChI=1S/C54H107NO8/c1-3-5-7-8-9-10-11-12-13-14-15-16-17-18-19-20-21-22-23-24-25-26-27-28-29-30-31-32-33-34-35-36-37-38-39-40-42-44-50(58)55-47(48(57)43-41-6-4-2)46-62-54-53(61)52(60)51(59)49(45-56)63-54/h47-49,51-54,56-57,59-61H,3-46H2,1-2H3,(H,55,58). The van der Waals surface area contributed by atoms with Gasteiger partial charge in [-0.15, -0.1) is 0 Å². The fourth-order valence-electron chi connectivity index (χ4n) is 9.28. The molecule has 1 aliphatic heterocycles. The number of aliphatic hydroxyl groups is 5. The zero-order valence-electron chi connectivity index (χ0n) is 41.6. The van der Waals surface area contributed by atoms with Crippen molar-refractivity contribution in [1.29, 1.82) is 0 Å². The van der Waals surface area contributed by atoms with E-state index >= 15 is 0 Å². The minimum absolute atomic E-state index is 0.137. The molecular formula is C54H107NO8. The molecule has 0 spiro atoms. The van der Waals surface area contributed by atoms with E-state index in [9.17, 15) is 30.3 Å². The van der Waals surface area contributed by atoms with Crippen LogP contribution in [0.2, 0.25) is 0 Å². The second-order valence-corrected chi connectivity index (χ2v) is 19.7. The van der Waals surface area contributed by atoms with Crippen molar-refractivity contribution in [3.63, 3.8) is 0 Å². The van der Waals surface area contributed by atoms with E-state index in [0.717, 1.165) is 38.5 Å². The molecule has 1 amide bonds. The summed E-state index contributed by atoms with van der Waals surface area (Å²) >= 11 is 0. The number of amides is 1. The fraction of sp³-hybridized carbons (Fsp3) is 0.981. The first kappa shape index (κ1) is 60.2. The van der Waals surface area contributed by atoms with Gasteiger partial charge in [-0.05, 0) is 12.8 Å². The van der Waals surface area contributed by atoms with E-state index in [-0.39, 0.29) is 12.5 Å². The molecule has 1 heterocycles. The van der Waals surface area contributed by atoms with Crippen molar-refractivity contribution in [1.82, 2.24) is 5.32 Å². The maximum atomic E-state index is 12.8. The number of rotatable bonds is 48. The third-order valence-electron chi connectivity index (χ3n) is 13.7. The van der Waals surface area contributed by atoms with Gasteiger partial charge < -0.3 is 40.3 Å². The lowest BCUT2D eigenvalue weighted by Crippen LogP contribution is -2.60. The second kappa shape index (κ2) is 45.0. The number of hydrogen-bond acceptors (Lipinski definition) is 8. The molecule has 0 radical (unpaired) electrons. The van der Waals surface area contributed by atoms with Crippen LogP contribution < -0.4 is 5.32 Å². The first-order chi connectivity index (χ1) is 30.8. The second-order valence-electron chi connectivity index (χ2n) is 19.7. The number of ether oxygens (including phenoxy) is 2. The van der Waals surface area contributed by atoms with Gasteiger partial charge in [-0.2, -0.15) is 0 Å². The minimum Gasteiger partial charge on any atom is -0.394 e. The Labute approximate surface area is 389 Å². The van der Waals surface area contributed by atoms with Crippen molar-refractivity contribution in [3.8, 4) is 0 Å². The maximum absolute atomic E-state index is 12.8. The molecule has 7 atom stereocenters. The van der Waals surface area contributed by atoms with Gasteiger partial charge in [-0.25, -0.2) is 0 Å². The molecule has 1 fully saturated rings. The van der Waals surface area contributed by atoms with E-state index in [1.165, 1.54) is 218 Å². The molecule has 0 bridgehead atoms. The van der Waals surface area contributed by atoms with Crippen LogP contribution in [0.1, 0.15) is 284 Å². The monoisotopic (exact) mass is 898 g/mol. The van der Waals surface area contributed by atoms with E-state index in [1.807, 2.05) is 0 Å². The van der Waals surface area contributed by atoms with Crippen molar-refractivity contribution in [3.05, 3.63) is 0 Å². The van der Waals surface area contributed by atoms with Gasteiger partial charge in [-0.1, -0.05) is 264 Å². The summed E-state index contributed by atoms with van der Waals surface area (Å²) in [5.74, 6) is -0.150. The molecule has 1 aliphatic rings. The first-order valence-corrected chi connectivity index (χ1v) is 27.7. The average molecular weight is 898 g/mol. The normalized spacial score (nSPS) is 20.0. The lowest BCUT2D eigenvalue weighted by molar-refractivity contribution is -0.302. The Morgan fingerprint density at radius 3 is 1.13 bits per heavy atom. The SMILES string of the molecule is CCCCCCCCCCCCCCCCCCCCCCCCCCCCCCCCCCCCCCCC(=O)NC(COC1OC(CO)C(O)C(O)C1O)C(O)CCCCC. The molecule has 9 heteroatoms. The molecule has 0 aromatic heterocycles. The molecule has 0 saturated carbocycles. The Kier molecular flexibility index (Phi) is 43.0. The van der Waals surface area contributed by atoms with E-state index < -0.39 is 49.5 Å². The third-order valence-corrected chi connectivity index (χ3v) is 13.7. The molecule has 1 saturated heterocycles. The van der Waals surface area contributed by atoms with E-state index in [4.69, 9.17) is 9.47 Å². The van der Waals surface area contributed by atoms with Crippen LogP contribution in [0.3, 0.4) is 0 Å². The Balaban J connectivity index is 1.87. The number of hydrogen-bond donors (Lipinski definition) is 6. The molecule has 7 unspecified atom stereocenters. The predicted molar refractivity (Wildman–Crippen MR) is 263 cm³/mol. The zero-order chi connectivity index (χ0) is 45.9. The molecule has 6 N–H and O–H groups in total. The number of aliphatic hydroxyl groups excluding tert-OH is 5. The molecule has 376 valence electrons. The summed E-state index contributed by atoms with van der Waals surface area (Å²) in [5.41, 5.74) is 0. The third kappa shape index (κ3) is 35.1. The Hall–Kier alpha value is -0.810. The Bertz CT molecular complexity index is 955. The molecule has 9 nitrogen and oxygen atoms in total. The van der Waals surface area contributed by atoms with E-state index in [0.29, 0.717) is 12.8 Å². The quantitative estimate of drug-likeness (QED) is 0.0331. The number of carbonyl (C=O) groups excluding carboxylic acids is 1. The van der Waals surface area contributed by atoms with Crippen molar-refractivity contribution in [2.75, 3.05) is 13.2 Å². The zero-order valence-corrected chi connectivity index (χ0v) is 41.6. The maximum Gasteiger partial charge on any atom is 0.220 e. The van der Waals surface area contributed by atoms with Gasteiger partial charge >= 0.3 is 0 Å². The number of carbonyl (C=O) groups is 1. The fourth-order valence-corrected chi connectivity index (χ4v) is 9.28. The summed E-state index contributed by atoms with van der Waals surface area (Å²) in [7, 11) is 0. The van der Waals surface area contributed by atoms with Gasteiger partial charge in [0.15, 0.2) is 6.29 Å². The van der Waals surface area contributed by atoms with Crippen LogP contribution in [-0.2, 0) is 14.3 Å². The van der Waals surface area contributed by atoms with Gasteiger partial charge in [-0.3, -0.25) is 4.79 Å². The summed E-state index contributed by atoms with van der Waals surface area (Å²) in [4.78, 5) is 12.8. The van der Waals surface area contributed by atoms with E-state index in [1.54, 1.807) is 0 Å². The lowest BCUT2D eigenvalue weighted by atomic mass is 9.99. The van der Waals surface area contributed by atoms with Gasteiger partial charge in [0.2, 0.25) is 5.91 Å². The molecule has 0 aliphatic carbocycles. The minimum atomic E-state index is -1.55. The van der Waals surface area contributed by atoms with Crippen LogP contribution in [0.4, 0.5) is 0 Å². The highest BCUT2D eigenvalue weighted by Crippen LogP contribution is 2.23. The van der Waals surface area contributed by atoms with Gasteiger partial charge in [0.1, 0.15) is 24.4 Å². The average Bonchev–Trinajstić information content (AvgIpc) is 3.28. The largest absolute Gasteiger partial charge is 0.394 e. The summed E-state index contributed by atoms with van der Waals surface area (Å²) in [6.07, 6.45) is 47.1. The van der Waals surface area contributed by atoms with Crippen molar-refractivity contribution >= 4 is 5.91 Å².